The molecule has 0 aromatic carbocycles. The third-order valence-electron chi connectivity index (χ3n) is 3.28. The fourth-order valence-electron chi connectivity index (χ4n) is 2.06. The number of ether oxygens (including phenoxy) is 2. The number of alkyl carbamates (subject to hydrolysis) is 1. The largest absolute Gasteiger partial charge is 0.453 e. The van der Waals surface area contributed by atoms with E-state index >= 15 is 0 Å². The summed E-state index contributed by atoms with van der Waals surface area (Å²) in [5, 5.41) is 11.3. The van der Waals surface area contributed by atoms with E-state index in [0.29, 0.717) is 0 Å². The van der Waals surface area contributed by atoms with Crippen LogP contribution in [-0.4, -0.2) is 35.8 Å². The van der Waals surface area contributed by atoms with E-state index in [1.165, 1.54) is 18.4 Å². The lowest BCUT2D eigenvalue weighted by atomic mass is 10.1. The lowest BCUT2D eigenvalue weighted by molar-refractivity contribution is -0.128. The molecule has 130 valence electrons. The third-order valence-corrected chi connectivity index (χ3v) is 3.28. The molecule has 1 N–H and O–H groups in total. The van der Waals surface area contributed by atoms with Crippen molar-refractivity contribution in [2.24, 2.45) is 0 Å². The van der Waals surface area contributed by atoms with Gasteiger partial charge in [0.1, 0.15) is 23.0 Å². The first-order valence-corrected chi connectivity index (χ1v) is 7.15. The predicted octanol–water partition coefficient (Wildman–Crippen LogP) is 1.68. The number of nitrogens with zero attached hydrogens (tertiary/aromatic N) is 2. The van der Waals surface area contributed by atoms with Crippen LogP contribution in [0.2, 0.25) is 0 Å². The lowest BCUT2D eigenvalue weighted by Crippen LogP contribution is -2.39. The topological polar surface area (TPSA) is 124 Å². The van der Waals surface area contributed by atoms with Crippen molar-refractivity contribution in [1.82, 2.24) is 9.88 Å². The van der Waals surface area contributed by atoms with Crippen LogP contribution in [0.4, 0.5) is 4.79 Å². The van der Waals surface area contributed by atoms with Crippen molar-refractivity contribution in [3.63, 3.8) is 0 Å². The summed E-state index contributed by atoms with van der Waals surface area (Å²) in [5.41, 5.74) is -0.0943. The first-order chi connectivity index (χ1) is 11.9. The van der Waals surface area contributed by atoms with Gasteiger partial charge in [0.2, 0.25) is 5.88 Å². The van der Waals surface area contributed by atoms with Crippen LogP contribution in [0.25, 0.3) is 5.88 Å². The van der Waals surface area contributed by atoms with Gasteiger partial charge in [0.25, 0.3) is 5.91 Å². The average Bonchev–Trinajstić information content (AvgIpc) is 3.21. The highest BCUT2D eigenvalue weighted by Gasteiger charge is 2.28. The molecule has 0 spiro atoms. The minimum absolute atomic E-state index is 0.0146. The summed E-state index contributed by atoms with van der Waals surface area (Å²) in [7, 11) is 1.09. The number of imide groups is 1. The summed E-state index contributed by atoms with van der Waals surface area (Å²) in [5.74, 6) is -1.43. The van der Waals surface area contributed by atoms with Crippen molar-refractivity contribution < 1.29 is 28.3 Å². The van der Waals surface area contributed by atoms with E-state index in [9.17, 15) is 19.6 Å². The summed E-state index contributed by atoms with van der Waals surface area (Å²) in [6.07, 6.45) is 1.06. The fourth-order valence-corrected chi connectivity index (χ4v) is 2.06. The first-order valence-electron chi connectivity index (χ1n) is 7.15. The van der Waals surface area contributed by atoms with Crippen molar-refractivity contribution in [3.05, 3.63) is 41.4 Å². The molecule has 2 heterocycles. The van der Waals surface area contributed by atoms with Gasteiger partial charge in [0.15, 0.2) is 6.10 Å². The van der Waals surface area contributed by atoms with Crippen LogP contribution in [0.1, 0.15) is 28.6 Å². The van der Waals surface area contributed by atoms with Gasteiger partial charge in [-0.25, -0.2) is 9.59 Å². The van der Waals surface area contributed by atoms with Gasteiger partial charge in [-0.2, -0.15) is 5.26 Å². The molecule has 0 fully saturated rings. The number of amides is 2. The molecular weight excluding hydrogens is 330 g/mol. The molecule has 9 nitrogen and oxygen atoms in total. The highest BCUT2D eigenvalue weighted by Crippen LogP contribution is 2.26. The van der Waals surface area contributed by atoms with Gasteiger partial charge in [-0.05, 0) is 26.0 Å². The molecule has 0 bridgehead atoms. The maximum Gasteiger partial charge on any atom is 0.413 e. The van der Waals surface area contributed by atoms with Crippen LogP contribution in [0.5, 0.6) is 0 Å². The number of rotatable bonds is 4. The molecule has 2 rings (SSSR count). The van der Waals surface area contributed by atoms with E-state index in [1.807, 2.05) is 11.4 Å². The molecule has 1 atom stereocenters. The van der Waals surface area contributed by atoms with Crippen LogP contribution in [-0.2, 0) is 14.3 Å². The Morgan fingerprint density at radius 3 is 2.52 bits per heavy atom. The zero-order valence-corrected chi connectivity index (χ0v) is 13.7. The molecule has 2 amide bonds. The monoisotopic (exact) mass is 345 g/mol. The lowest BCUT2D eigenvalue weighted by Gasteiger charge is -2.12. The van der Waals surface area contributed by atoms with E-state index in [2.05, 4.69) is 4.74 Å². The Morgan fingerprint density at radius 2 is 1.96 bits per heavy atom. The Morgan fingerprint density at radius 1 is 1.32 bits per heavy atom. The van der Waals surface area contributed by atoms with Gasteiger partial charge in [0, 0.05) is 12.4 Å². The highest BCUT2D eigenvalue weighted by atomic mass is 16.6. The normalized spacial score (nSPS) is 11.3. The fraction of sp³-hybridized carbons (Fsp3) is 0.250. The molecule has 0 aliphatic heterocycles. The van der Waals surface area contributed by atoms with E-state index in [4.69, 9.17) is 9.15 Å². The Labute approximate surface area is 142 Å². The molecule has 0 saturated heterocycles. The maximum atomic E-state index is 12.4. The van der Waals surface area contributed by atoms with Crippen molar-refractivity contribution >= 4 is 18.0 Å². The van der Waals surface area contributed by atoms with Crippen molar-refractivity contribution in [3.8, 4) is 12.0 Å². The van der Waals surface area contributed by atoms with Crippen LogP contribution >= 0.6 is 0 Å². The summed E-state index contributed by atoms with van der Waals surface area (Å²) in [6, 6.07) is 5.37. The maximum absolute atomic E-state index is 12.4. The van der Waals surface area contributed by atoms with Gasteiger partial charge in [-0.1, -0.05) is 0 Å². The summed E-state index contributed by atoms with van der Waals surface area (Å²) >= 11 is 0. The zero-order valence-electron chi connectivity index (χ0n) is 13.7. The highest BCUT2D eigenvalue weighted by molar-refractivity contribution is 5.98. The van der Waals surface area contributed by atoms with Crippen molar-refractivity contribution in [2.45, 2.75) is 20.0 Å². The Hall–Kier alpha value is -3.54. The summed E-state index contributed by atoms with van der Waals surface area (Å²) < 4.78 is 16.3. The van der Waals surface area contributed by atoms with Gasteiger partial charge in [-0.3, -0.25) is 14.7 Å². The quantitative estimate of drug-likeness (QED) is 0.836. The number of nitriles is 1. The summed E-state index contributed by atoms with van der Waals surface area (Å²) in [6.45, 7) is 2.79. The number of nitrogens with one attached hydrogen (secondary N) is 1. The molecule has 2 aromatic rings. The second-order valence-corrected chi connectivity index (χ2v) is 4.94. The number of carbonyl (C=O) groups is 3. The van der Waals surface area contributed by atoms with Crippen LogP contribution < -0.4 is 5.32 Å². The molecule has 0 unspecified atom stereocenters. The van der Waals surface area contributed by atoms with Crippen molar-refractivity contribution in [1.29, 1.82) is 5.26 Å². The van der Waals surface area contributed by atoms with E-state index in [1.54, 1.807) is 24.5 Å². The number of carbonyl (C=O) groups excluding carboxylic acids is 3. The second kappa shape index (κ2) is 7.35. The van der Waals surface area contributed by atoms with Gasteiger partial charge >= 0.3 is 12.1 Å². The Balaban J connectivity index is 2.24. The number of methoxy groups -OCH3 is 1. The number of esters is 1. The molecular formula is C16H15N3O6. The standard InChI is InChI=1S/C16H15N3O6/c1-9-12(11(8-17)14(24-9)19-6-4-5-7-19)15(21)25-10(2)13(20)18-16(22)23-3/h4-7,10H,1-3H3,(H,18,20,22)/t10-/m0/s1. The van der Waals surface area contributed by atoms with Crippen LogP contribution in [0.15, 0.2) is 28.9 Å². The molecule has 25 heavy (non-hydrogen) atoms. The molecule has 9 heteroatoms. The number of furan rings is 1. The Bertz CT molecular complexity index is 844. The number of aryl methyl sites for hydroxylation is 1. The van der Waals surface area contributed by atoms with E-state index in [-0.39, 0.29) is 22.8 Å². The minimum Gasteiger partial charge on any atom is -0.453 e. The summed E-state index contributed by atoms with van der Waals surface area (Å²) in [4.78, 5) is 35.1. The number of aromatic nitrogens is 1. The van der Waals surface area contributed by atoms with E-state index < -0.39 is 24.1 Å². The molecule has 0 saturated carbocycles. The van der Waals surface area contributed by atoms with Crippen molar-refractivity contribution in [2.75, 3.05) is 7.11 Å². The molecule has 0 aliphatic rings. The number of hydrogen-bond acceptors (Lipinski definition) is 7. The molecule has 0 aliphatic carbocycles. The van der Waals surface area contributed by atoms with Crippen LogP contribution in [0.3, 0.4) is 0 Å². The van der Waals surface area contributed by atoms with Crippen LogP contribution in [0, 0.1) is 18.3 Å². The van der Waals surface area contributed by atoms with Gasteiger partial charge in [0.05, 0.1) is 7.11 Å². The first kappa shape index (κ1) is 17.8. The molecule has 0 radical (unpaired) electrons. The average molecular weight is 345 g/mol. The van der Waals surface area contributed by atoms with Gasteiger partial charge in [-0.15, -0.1) is 0 Å². The third kappa shape index (κ3) is 3.69. The number of hydrogen-bond donors (Lipinski definition) is 1. The zero-order chi connectivity index (χ0) is 18.6. The smallest absolute Gasteiger partial charge is 0.413 e. The SMILES string of the molecule is COC(=O)NC(=O)[C@H](C)OC(=O)c1c(C)oc(-n2cccc2)c1C#N. The van der Waals surface area contributed by atoms with E-state index in [0.717, 1.165) is 7.11 Å². The predicted molar refractivity (Wildman–Crippen MR) is 82.9 cm³/mol. The van der Waals surface area contributed by atoms with Gasteiger partial charge < -0.3 is 13.9 Å². The second-order valence-electron chi connectivity index (χ2n) is 4.94. The molecule has 2 aromatic heterocycles. The minimum atomic E-state index is -1.28. The Kier molecular flexibility index (Phi) is 5.24.